The van der Waals surface area contributed by atoms with Crippen molar-refractivity contribution in [2.24, 2.45) is 0 Å². The van der Waals surface area contributed by atoms with Gasteiger partial charge in [-0.15, -0.1) is 70.6 Å². The van der Waals surface area contributed by atoms with Crippen LogP contribution in [0.3, 0.4) is 0 Å². The van der Waals surface area contributed by atoms with Crippen LogP contribution in [0.2, 0.25) is 0 Å². The molecular formula is C131H168O3S6. The fourth-order valence-electron chi connectivity index (χ4n) is 17.1. The Labute approximate surface area is 875 Å². The lowest BCUT2D eigenvalue weighted by atomic mass is 9.71. The minimum Gasteiger partial charge on any atom is -0.489 e. The topological polar surface area (TPSA) is 27.7 Å². The Bertz CT molecular complexity index is 5180. The molecule has 0 heterocycles. The molecule has 12 aromatic carbocycles. The van der Waals surface area contributed by atoms with Gasteiger partial charge >= 0.3 is 0 Å². The maximum absolute atomic E-state index is 7.01. The fraction of sp³-hybridized carbons (Fsp3) is 0.450. The minimum atomic E-state index is -0.636. The predicted molar refractivity (Wildman–Crippen MR) is 618 cm³/mol. The van der Waals surface area contributed by atoms with Crippen molar-refractivity contribution in [3.05, 3.63) is 370 Å². The summed E-state index contributed by atoms with van der Waals surface area (Å²) >= 11 is 11.5. The third-order valence-electron chi connectivity index (χ3n) is 27.1. The van der Waals surface area contributed by atoms with Crippen LogP contribution in [0.25, 0.3) is 0 Å². The highest BCUT2D eigenvalue weighted by Crippen LogP contribution is 2.47. The molecule has 0 bridgehead atoms. The van der Waals surface area contributed by atoms with E-state index in [9.17, 15) is 0 Å². The van der Waals surface area contributed by atoms with Crippen molar-refractivity contribution in [1.82, 2.24) is 0 Å². The molecule has 0 aromatic heterocycles. The van der Waals surface area contributed by atoms with Crippen LogP contribution in [-0.4, -0.2) is 0 Å². The Hall–Kier alpha value is -7.86. The summed E-state index contributed by atoms with van der Waals surface area (Å²) < 4.78 is 21.0. The Morgan fingerprint density at radius 1 is 0.143 bits per heavy atom. The zero-order valence-corrected chi connectivity index (χ0v) is 97.5. The van der Waals surface area contributed by atoms with E-state index < -0.39 is 5.41 Å². The first-order valence-corrected chi connectivity index (χ1v) is 56.8. The Balaban J connectivity index is 0.879. The molecule has 0 atom stereocenters. The summed E-state index contributed by atoms with van der Waals surface area (Å²) in [5.41, 5.74) is 31.1. The maximum Gasteiger partial charge on any atom is 0.119 e. The normalized spacial score (nSPS) is 13.2. The van der Waals surface area contributed by atoms with Crippen molar-refractivity contribution in [3.8, 4) is 17.2 Å². The standard InChI is InChI=1S/C131H168O3S6/c1-119(2,3)98-50-89(51-99(68-98)120(4,5)6)80-135-113-62-86(63-114(74-113)136-81-90-52-100(121(7,8)9)69-101(53-90)122(10,11)12)77-132-110-44-38-95(39-45-110)131(37,96-40-46-111(47-41-96)133-78-87-64-115(137-82-91-54-102(123(13,14)15)70-103(55-91)124(16,17)18)75-116(65-87)138-83-92-56-104(125(19,20)21)71-105(57-92)126(22,23)24)97-42-48-112(49-43-97)134-79-88-66-117(139-84-93-58-106(127(25,26)27)72-107(59-93)128(28,29)30)76-118(67-88)140-85-94-60-108(129(31,32)33)73-109(61-94)130(34,35)36/h38-76H,77-85H2,1-37H3. The zero-order valence-electron chi connectivity index (χ0n) is 92.6. The number of hydrogen-bond donors (Lipinski definition) is 0. The number of hydrogen-bond acceptors (Lipinski definition) is 9. The van der Waals surface area contributed by atoms with E-state index in [0.717, 1.165) is 85.1 Å². The Kier molecular flexibility index (Phi) is 34.4. The van der Waals surface area contributed by atoms with Gasteiger partial charge in [-0.1, -0.05) is 395 Å². The average molecular weight is 1980 g/mol. The molecule has 0 aliphatic rings. The van der Waals surface area contributed by atoms with Gasteiger partial charge in [0, 0.05) is 69.3 Å². The number of rotatable bonds is 30. The quantitative estimate of drug-likeness (QED) is 0.0322. The van der Waals surface area contributed by atoms with Gasteiger partial charge in [-0.2, -0.15) is 0 Å². The van der Waals surface area contributed by atoms with Crippen LogP contribution in [-0.2, 0) is 125 Å². The third-order valence-corrected chi connectivity index (χ3v) is 33.4. The summed E-state index contributed by atoms with van der Waals surface area (Å²) in [7, 11) is 0. The zero-order chi connectivity index (χ0) is 103. The molecule has 0 saturated carbocycles. The number of benzene rings is 12. The van der Waals surface area contributed by atoms with Crippen LogP contribution >= 0.6 is 70.6 Å². The predicted octanol–water partition coefficient (Wildman–Crippen LogP) is 39.1. The molecule has 9 heteroatoms. The summed E-state index contributed by atoms with van der Waals surface area (Å²) in [6.45, 7) is 87.6. The largest absolute Gasteiger partial charge is 0.489 e. The van der Waals surface area contributed by atoms with E-state index in [1.807, 2.05) is 70.6 Å². The molecule has 0 saturated heterocycles. The van der Waals surface area contributed by atoms with Gasteiger partial charge in [-0.3, -0.25) is 0 Å². The van der Waals surface area contributed by atoms with E-state index in [1.165, 1.54) is 130 Å². The molecule has 0 N–H and O–H groups in total. The summed E-state index contributed by atoms with van der Waals surface area (Å²) in [6, 6.07) is 91.9. The van der Waals surface area contributed by atoms with Gasteiger partial charge in [-0.05, 0) is 296 Å². The van der Waals surface area contributed by atoms with Crippen LogP contribution in [0.15, 0.2) is 266 Å². The molecule has 0 unspecified atom stereocenters. The highest BCUT2D eigenvalue weighted by Gasteiger charge is 2.34. The molecule has 0 aliphatic heterocycles. The molecule has 0 spiro atoms. The van der Waals surface area contributed by atoms with Gasteiger partial charge < -0.3 is 14.2 Å². The van der Waals surface area contributed by atoms with E-state index in [1.54, 1.807) is 0 Å². The second kappa shape index (κ2) is 43.4. The minimum absolute atomic E-state index is 0.0224. The van der Waals surface area contributed by atoms with Gasteiger partial charge in [0.05, 0.1) is 0 Å². The van der Waals surface area contributed by atoms with Crippen molar-refractivity contribution >= 4 is 70.6 Å². The molecule has 12 rings (SSSR count). The summed E-state index contributed by atoms with van der Waals surface area (Å²) in [4.78, 5) is 7.44. The lowest BCUT2D eigenvalue weighted by Gasteiger charge is -2.32. The molecule has 746 valence electrons. The summed E-state index contributed by atoms with van der Waals surface area (Å²) in [5.74, 6) is 7.61. The van der Waals surface area contributed by atoms with Crippen LogP contribution in [0.1, 0.15) is 390 Å². The van der Waals surface area contributed by atoms with E-state index in [2.05, 4.69) is 493 Å². The van der Waals surface area contributed by atoms with Crippen molar-refractivity contribution in [2.45, 2.75) is 410 Å². The van der Waals surface area contributed by atoms with E-state index in [4.69, 9.17) is 14.2 Å². The summed E-state index contributed by atoms with van der Waals surface area (Å²) in [6.07, 6.45) is 0. The fourth-order valence-corrected chi connectivity index (χ4v) is 23.0. The second-order valence-corrected chi connectivity index (χ2v) is 58.5. The van der Waals surface area contributed by atoms with Gasteiger partial charge in [0.15, 0.2) is 0 Å². The molecule has 0 amide bonds. The molecule has 12 aromatic rings. The van der Waals surface area contributed by atoms with Crippen molar-refractivity contribution < 1.29 is 14.2 Å². The lowest BCUT2D eigenvalue weighted by Crippen LogP contribution is -2.25. The smallest absolute Gasteiger partial charge is 0.119 e. The van der Waals surface area contributed by atoms with E-state index in [-0.39, 0.29) is 65.0 Å². The van der Waals surface area contributed by atoms with Gasteiger partial charge in [0.2, 0.25) is 0 Å². The molecule has 0 aliphatic carbocycles. The first kappa shape index (κ1) is 111. The van der Waals surface area contributed by atoms with Gasteiger partial charge in [0.25, 0.3) is 0 Å². The molecule has 140 heavy (non-hydrogen) atoms. The van der Waals surface area contributed by atoms with E-state index >= 15 is 0 Å². The molecular weight excluding hydrogens is 1810 g/mol. The highest BCUT2D eigenvalue weighted by atomic mass is 32.2. The van der Waals surface area contributed by atoms with Crippen molar-refractivity contribution in [3.63, 3.8) is 0 Å². The Morgan fingerprint density at radius 2 is 0.271 bits per heavy atom. The maximum atomic E-state index is 7.01. The highest BCUT2D eigenvalue weighted by molar-refractivity contribution is 8.00. The van der Waals surface area contributed by atoms with Crippen LogP contribution < -0.4 is 14.2 Å². The van der Waals surface area contributed by atoms with Crippen LogP contribution in [0, 0.1) is 0 Å². The van der Waals surface area contributed by atoms with E-state index in [0.29, 0.717) is 19.8 Å². The first-order chi connectivity index (χ1) is 64.6. The first-order valence-electron chi connectivity index (χ1n) is 50.9. The summed E-state index contributed by atoms with van der Waals surface area (Å²) in [5, 5.41) is 0. The van der Waals surface area contributed by atoms with Crippen LogP contribution in [0.4, 0.5) is 0 Å². The van der Waals surface area contributed by atoms with Crippen molar-refractivity contribution in [1.29, 1.82) is 0 Å². The van der Waals surface area contributed by atoms with Gasteiger partial charge in [-0.25, -0.2) is 0 Å². The molecule has 0 radical (unpaired) electrons. The lowest BCUT2D eigenvalue weighted by molar-refractivity contribution is 0.305. The number of thioether (sulfide) groups is 6. The van der Waals surface area contributed by atoms with Gasteiger partial charge in [0.1, 0.15) is 37.1 Å². The number of ether oxygens (including phenoxy) is 3. The SMILES string of the molecule is CC(C)(C)c1cc(CSc2cc(COc3ccc(C(C)(c4ccc(OCc5cc(SCc6cc(C(C)(C)C)cc(C(C)(C)C)c6)cc(SCc6cc(C(C)(C)C)cc(C(C)(C)C)c6)c5)cc4)c4ccc(OCc5cc(SCc6cc(C(C)(C)C)cc(C(C)(C)C)c6)cc(SCc6cc(C(C)(C)C)cc(C(C)(C)C)c6)c5)cc4)cc3)cc(SCc3cc(C(C)(C)C)cc(C(C)(C)C)c3)c2)cc(C(C)(C)C)c1. The molecule has 0 fully saturated rings. The van der Waals surface area contributed by atoms with Crippen molar-refractivity contribution in [2.75, 3.05) is 0 Å². The average Bonchev–Trinajstić information content (AvgIpc) is 0.757. The molecule has 3 nitrogen and oxygen atoms in total. The third kappa shape index (κ3) is 30.9. The van der Waals surface area contributed by atoms with Crippen LogP contribution in [0.5, 0.6) is 17.2 Å². The Morgan fingerprint density at radius 3 is 0.393 bits per heavy atom. The monoisotopic (exact) mass is 1980 g/mol. The second-order valence-electron chi connectivity index (χ2n) is 52.2.